The largest absolute Gasteiger partial charge is 0.351 e. The van der Waals surface area contributed by atoms with Gasteiger partial charge in [0.1, 0.15) is 0 Å². The zero-order chi connectivity index (χ0) is 25.2. The lowest BCUT2D eigenvalue weighted by Crippen LogP contribution is -2.45. The van der Waals surface area contributed by atoms with Crippen molar-refractivity contribution in [2.24, 2.45) is 0 Å². The Balaban J connectivity index is 1.58. The van der Waals surface area contributed by atoms with E-state index in [1.54, 1.807) is 0 Å². The SMILES string of the molecule is CCc1ccc(C2NC(=S)N(Cc3ccc(C)cc3)C(C)=C2c2nc(-c3ccc(C)cc3)no2)cc1. The smallest absolute Gasteiger partial charge is 0.258 e. The van der Waals surface area contributed by atoms with Crippen molar-refractivity contribution in [2.45, 2.75) is 46.7 Å². The molecule has 182 valence electrons. The van der Waals surface area contributed by atoms with Crippen LogP contribution in [0.2, 0.25) is 0 Å². The molecule has 4 aromatic rings. The molecular weight excluding hydrogens is 464 g/mol. The first-order valence-electron chi connectivity index (χ1n) is 12.3. The highest BCUT2D eigenvalue weighted by molar-refractivity contribution is 7.80. The molecule has 1 aliphatic rings. The maximum Gasteiger partial charge on any atom is 0.258 e. The molecule has 36 heavy (non-hydrogen) atoms. The summed E-state index contributed by atoms with van der Waals surface area (Å²) in [6.45, 7) is 9.05. The Labute approximate surface area is 217 Å². The number of aryl methyl sites for hydroxylation is 3. The van der Waals surface area contributed by atoms with Gasteiger partial charge in [0.2, 0.25) is 5.82 Å². The predicted molar refractivity (Wildman–Crippen MR) is 148 cm³/mol. The third kappa shape index (κ3) is 4.82. The van der Waals surface area contributed by atoms with Crippen molar-refractivity contribution in [3.8, 4) is 11.4 Å². The summed E-state index contributed by atoms with van der Waals surface area (Å²) >= 11 is 5.87. The van der Waals surface area contributed by atoms with E-state index in [4.69, 9.17) is 21.7 Å². The molecule has 1 aromatic heterocycles. The Morgan fingerprint density at radius 3 is 2.11 bits per heavy atom. The molecule has 1 N–H and O–H groups in total. The summed E-state index contributed by atoms with van der Waals surface area (Å²) in [6.07, 6.45) is 0.992. The zero-order valence-corrected chi connectivity index (χ0v) is 21.9. The van der Waals surface area contributed by atoms with E-state index >= 15 is 0 Å². The number of benzene rings is 3. The fraction of sp³-hybridized carbons (Fsp3) is 0.233. The average Bonchev–Trinajstić information content (AvgIpc) is 3.37. The number of rotatable bonds is 6. The Kier molecular flexibility index (Phi) is 6.70. The maximum atomic E-state index is 5.88. The van der Waals surface area contributed by atoms with Crippen molar-refractivity contribution in [2.75, 3.05) is 0 Å². The second kappa shape index (κ2) is 10.1. The molecule has 0 aliphatic carbocycles. The van der Waals surface area contributed by atoms with Gasteiger partial charge in [-0.2, -0.15) is 4.98 Å². The number of thiocarbonyl (C=S) groups is 1. The van der Waals surface area contributed by atoms with Crippen molar-refractivity contribution in [1.82, 2.24) is 20.4 Å². The zero-order valence-electron chi connectivity index (χ0n) is 21.1. The van der Waals surface area contributed by atoms with Crippen molar-refractivity contribution in [3.05, 3.63) is 112 Å². The Morgan fingerprint density at radius 2 is 1.47 bits per heavy atom. The van der Waals surface area contributed by atoms with Crippen LogP contribution in [-0.4, -0.2) is 20.2 Å². The third-order valence-corrected chi connectivity index (χ3v) is 7.08. The van der Waals surface area contributed by atoms with Gasteiger partial charge < -0.3 is 14.7 Å². The number of allylic oxidation sites excluding steroid dienone is 1. The van der Waals surface area contributed by atoms with Gasteiger partial charge in [0.25, 0.3) is 5.89 Å². The third-order valence-electron chi connectivity index (χ3n) is 6.75. The topological polar surface area (TPSA) is 54.2 Å². The number of hydrogen-bond acceptors (Lipinski definition) is 4. The molecule has 5 nitrogen and oxygen atoms in total. The van der Waals surface area contributed by atoms with Gasteiger partial charge in [0, 0.05) is 17.8 Å². The standard InChI is InChI=1S/C30H30N4OS/c1-5-22-12-16-24(17-13-22)27-26(29-32-28(33-35-29)25-14-8-20(3)9-15-25)21(4)34(30(36)31-27)18-23-10-6-19(2)7-11-23/h6-17,27H,5,18H2,1-4H3,(H,31,36). The monoisotopic (exact) mass is 494 g/mol. The van der Waals surface area contributed by atoms with E-state index in [1.165, 1.54) is 22.3 Å². The highest BCUT2D eigenvalue weighted by Crippen LogP contribution is 2.38. The van der Waals surface area contributed by atoms with Gasteiger partial charge in [-0.1, -0.05) is 96.0 Å². The Morgan fingerprint density at radius 1 is 0.861 bits per heavy atom. The lowest BCUT2D eigenvalue weighted by atomic mass is 9.93. The summed E-state index contributed by atoms with van der Waals surface area (Å²) in [5.41, 5.74) is 8.86. The van der Waals surface area contributed by atoms with Gasteiger partial charge in [0.15, 0.2) is 5.11 Å². The van der Waals surface area contributed by atoms with Crippen LogP contribution >= 0.6 is 12.2 Å². The highest BCUT2D eigenvalue weighted by atomic mass is 32.1. The molecular formula is C30H30N4OS. The molecule has 0 spiro atoms. The van der Waals surface area contributed by atoms with Gasteiger partial charge in [-0.3, -0.25) is 0 Å². The first-order valence-corrected chi connectivity index (χ1v) is 12.7. The number of nitrogens with one attached hydrogen (secondary N) is 1. The van der Waals surface area contributed by atoms with Crippen LogP contribution in [0.3, 0.4) is 0 Å². The quantitative estimate of drug-likeness (QED) is 0.298. The lowest BCUT2D eigenvalue weighted by Gasteiger charge is -2.37. The van der Waals surface area contributed by atoms with E-state index in [2.05, 4.69) is 104 Å². The summed E-state index contributed by atoms with van der Waals surface area (Å²) in [6, 6.07) is 25.1. The normalized spacial score (nSPS) is 15.8. The molecule has 5 rings (SSSR count). The molecule has 1 atom stereocenters. The number of hydrogen-bond donors (Lipinski definition) is 1. The molecule has 6 heteroatoms. The second-order valence-corrected chi connectivity index (χ2v) is 9.72. The number of aromatic nitrogens is 2. The van der Waals surface area contributed by atoms with Crippen LogP contribution in [0.5, 0.6) is 0 Å². The van der Waals surface area contributed by atoms with E-state index in [0.717, 1.165) is 28.8 Å². The van der Waals surface area contributed by atoms with Crippen molar-refractivity contribution < 1.29 is 4.52 Å². The van der Waals surface area contributed by atoms with E-state index in [1.807, 2.05) is 12.1 Å². The van der Waals surface area contributed by atoms with E-state index in [-0.39, 0.29) is 6.04 Å². The maximum absolute atomic E-state index is 5.88. The summed E-state index contributed by atoms with van der Waals surface area (Å²) in [7, 11) is 0. The summed E-state index contributed by atoms with van der Waals surface area (Å²) in [5.74, 6) is 1.07. The molecule has 1 aliphatic heterocycles. The molecule has 2 heterocycles. The fourth-order valence-corrected chi connectivity index (χ4v) is 4.79. The highest BCUT2D eigenvalue weighted by Gasteiger charge is 2.34. The molecule has 0 radical (unpaired) electrons. The number of nitrogens with zero attached hydrogens (tertiary/aromatic N) is 3. The first-order chi connectivity index (χ1) is 17.4. The van der Waals surface area contributed by atoms with Gasteiger partial charge in [-0.25, -0.2) is 0 Å². The van der Waals surface area contributed by atoms with Crippen LogP contribution in [-0.2, 0) is 13.0 Å². The van der Waals surface area contributed by atoms with Gasteiger partial charge in [-0.05, 0) is 56.1 Å². The van der Waals surface area contributed by atoms with Gasteiger partial charge in [-0.15, -0.1) is 0 Å². The molecule has 0 fully saturated rings. The van der Waals surface area contributed by atoms with Crippen molar-refractivity contribution in [1.29, 1.82) is 0 Å². The summed E-state index contributed by atoms with van der Waals surface area (Å²) in [4.78, 5) is 6.94. The predicted octanol–water partition coefficient (Wildman–Crippen LogP) is 6.78. The molecule has 1 unspecified atom stereocenters. The summed E-state index contributed by atoms with van der Waals surface area (Å²) < 4.78 is 5.88. The minimum atomic E-state index is -0.191. The van der Waals surface area contributed by atoms with Crippen LogP contribution in [0.15, 0.2) is 83.0 Å². The Hall–Kier alpha value is -3.77. The van der Waals surface area contributed by atoms with Crippen LogP contribution in [0.4, 0.5) is 0 Å². The summed E-state index contributed by atoms with van der Waals surface area (Å²) in [5, 5.41) is 8.56. The van der Waals surface area contributed by atoms with Crippen LogP contribution in [0.25, 0.3) is 17.0 Å². The first kappa shape index (κ1) is 23.9. The van der Waals surface area contributed by atoms with E-state index in [9.17, 15) is 0 Å². The fourth-order valence-electron chi connectivity index (χ4n) is 4.47. The van der Waals surface area contributed by atoms with Crippen LogP contribution in [0, 0.1) is 13.8 Å². The van der Waals surface area contributed by atoms with Crippen molar-refractivity contribution in [3.63, 3.8) is 0 Å². The average molecular weight is 495 g/mol. The second-order valence-electron chi connectivity index (χ2n) is 9.34. The van der Waals surface area contributed by atoms with Gasteiger partial charge in [0.05, 0.1) is 11.6 Å². The minimum absolute atomic E-state index is 0.191. The molecule has 0 saturated heterocycles. The molecule has 0 amide bonds. The molecule has 3 aromatic carbocycles. The molecule has 0 bridgehead atoms. The van der Waals surface area contributed by atoms with Crippen LogP contribution < -0.4 is 5.32 Å². The van der Waals surface area contributed by atoms with E-state index in [0.29, 0.717) is 23.4 Å². The van der Waals surface area contributed by atoms with Crippen molar-refractivity contribution >= 4 is 22.9 Å². The van der Waals surface area contributed by atoms with Gasteiger partial charge >= 0.3 is 0 Å². The van der Waals surface area contributed by atoms with E-state index < -0.39 is 0 Å². The lowest BCUT2D eigenvalue weighted by molar-refractivity contribution is 0.396. The van der Waals surface area contributed by atoms with Crippen LogP contribution in [0.1, 0.15) is 53.6 Å². The minimum Gasteiger partial charge on any atom is -0.351 e. The molecule has 0 saturated carbocycles. The Bertz CT molecular complexity index is 1400.